The maximum Gasteiger partial charge on any atom is 0.422 e. The normalized spacial score (nSPS) is 17.8. The molecule has 1 aliphatic heterocycles. The number of hydrogen-bond donors (Lipinski definition) is 2. The second kappa shape index (κ2) is 10.2. The van der Waals surface area contributed by atoms with Crippen LogP contribution in [0.15, 0.2) is 23.2 Å². The molecule has 3 N–H and O–H groups in total. The molecule has 1 amide bonds. The van der Waals surface area contributed by atoms with E-state index in [4.69, 9.17) is 15.2 Å². The average Bonchev–Trinajstić information content (AvgIpc) is 2.66. The van der Waals surface area contributed by atoms with E-state index in [1.165, 1.54) is 13.2 Å². The van der Waals surface area contributed by atoms with Crippen LogP contribution in [0, 0.1) is 5.92 Å². The molecule has 1 atom stereocenters. The van der Waals surface area contributed by atoms with Gasteiger partial charge in [0, 0.05) is 33.1 Å². The number of alkyl halides is 3. The maximum atomic E-state index is 12.4. The van der Waals surface area contributed by atoms with Gasteiger partial charge in [-0.25, -0.2) is 0 Å². The number of aliphatic imine (C=N–C) groups is 1. The molecular formula is C19H27F3N4O3. The number of rotatable bonds is 7. The summed E-state index contributed by atoms with van der Waals surface area (Å²) < 4.78 is 47.0. The second-order valence-electron chi connectivity index (χ2n) is 6.91. The van der Waals surface area contributed by atoms with Gasteiger partial charge in [-0.3, -0.25) is 9.79 Å². The predicted molar refractivity (Wildman–Crippen MR) is 103 cm³/mol. The van der Waals surface area contributed by atoms with Gasteiger partial charge in [0.15, 0.2) is 24.1 Å². The zero-order valence-electron chi connectivity index (χ0n) is 16.6. The van der Waals surface area contributed by atoms with E-state index in [-0.39, 0.29) is 23.3 Å². The van der Waals surface area contributed by atoms with Gasteiger partial charge in [0.25, 0.3) is 0 Å². The largest absolute Gasteiger partial charge is 0.493 e. The monoisotopic (exact) mass is 416 g/mol. The van der Waals surface area contributed by atoms with Gasteiger partial charge in [-0.05, 0) is 36.5 Å². The van der Waals surface area contributed by atoms with Crippen LogP contribution in [0.2, 0.25) is 0 Å². The van der Waals surface area contributed by atoms with Crippen molar-refractivity contribution in [3.05, 3.63) is 23.8 Å². The lowest BCUT2D eigenvalue weighted by molar-refractivity contribution is -0.153. The third-order valence-electron chi connectivity index (χ3n) is 4.59. The molecule has 1 aromatic carbocycles. The summed E-state index contributed by atoms with van der Waals surface area (Å²) in [5.41, 5.74) is 6.11. The molecule has 0 saturated carbocycles. The number of guanidine groups is 1. The maximum absolute atomic E-state index is 12.4. The quantitative estimate of drug-likeness (QED) is 0.526. The number of nitrogens with two attached hydrogens (primary N) is 1. The molecule has 1 unspecified atom stereocenters. The van der Waals surface area contributed by atoms with Crippen molar-refractivity contribution in [1.29, 1.82) is 0 Å². The standard InChI is InChI=1S/C19H27F3N4O3/c1-24-18(26-7-3-4-14(11-26)9-17(23)27)25-10-13-5-6-15(16(8-13)28-2)29-12-19(20,21)22/h5-6,8,14H,3-4,7,9-12H2,1-2H3,(H2,23,27)(H,24,25). The Morgan fingerprint density at radius 3 is 2.76 bits per heavy atom. The molecule has 0 bridgehead atoms. The number of methoxy groups -OCH3 is 1. The lowest BCUT2D eigenvalue weighted by Crippen LogP contribution is -2.46. The third-order valence-corrected chi connectivity index (χ3v) is 4.59. The number of piperidine rings is 1. The molecular weight excluding hydrogens is 389 g/mol. The Hall–Kier alpha value is -2.65. The van der Waals surface area contributed by atoms with Gasteiger partial charge in [-0.1, -0.05) is 6.07 Å². The van der Waals surface area contributed by atoms with E-state index >= 15 is 0 Å². The van der Waals surface area contributed by atoms with Crippen molar-refractivity contribution in [2.75, 3.05) is 33.9 Å². The van der Waals surface area contributed by atoms with Gasteiger partial charge >= 0.3 is 6.18 Å². The van der Waals surface area contributed by atoms with Gasteiger partial charge in [-0.2, -0.15) is 13.2 Å². The van der Waals surface area contributed by atoms with E-state index in [1.807, 2.05) is 0 Å². The molecule has 1 aliphatic rings. The van der Waals surface area contributed by atoms with Crippen molar-refractivity contribution < 1.29 is 27.4 Å². The molecule has 2 rings (SSSR count). The van der Waals surface area contributed by atoms with Crippen molar-refractivity contribution in [1.82, 2.24) is 10.2 Å². The van der Waals surface area contributed by atoms with E-state index in [2.05, 4.69) is 15.2 Å². The summed E-state index contributed by atoms with van der Waals surface area (Å²) in [6.45, 7) is 0.535. The number of likely N-dealkylation sites (tertiary alicyclic amines) is 1. The summed E-state index contributed by atoms with van der Waals surface area (Å²) in [6, 6.07) is 4.74. The number of ether oxygens (including phenoxy) is 2. The number of carbonyl (C=O) groups is 1. The van der Waals surface area contributed by atoms with E-state index in [1.54, 1.807) is 19.2 Å². The molecule has 1 fully saturated rings. The van der Waals surface area contributed by atoms with Crippen molar-refractivity contribution in [3.63, 3.8) is 0 Å². The Kier molecular flexibility index (Phi) is 7.98. The zero-order valence-corrected chi connectivity index (χ0v) is 16.6. The van der Waals surface area contributed by atoms with Gasteiger partial charge in [0.2, 0.25) is 5.91 Å². The molecule has 0 aliphatic carbocycles. The highest BCUT2D eigenvalue weighted by Gasteiger charge is 2.29. The van der Waals surface area contributed by atoms with Crippen LogP contribution in [-0.4, -0.2) is 56.8 Å². The van der Waals surface area contributed by atoms with Gasteiger partial charge < -0.3 is 25.4 Å². The predicted octanol–water partition coefficient (Wildman–Crippen LogP) is 2.30. The second-order valence-corrected chi connectivity index (χ2v) is 6.91. The smallest absolute Gasteiger partial charge is 0.422 e. The number of amides is 1. The van der Waals surface area contributed by atoms with Crippen LogP contribution in [-0.2, 0) is 11.3 Å². The molecule has 29 heavy (non-hydrogen) atoms. The first kappa shape index (κ1) is 22.6. The number of nitrogens with zero attached hydrogens (tertiary/aromatic N) is 2. The molecule has 162 valence electrons. The Balaban J connectivity index is 1.97. The van der Waals surface area contributed by atoms with Crippen LogP contribution in [0.3, 0.4) is 0 Å². The number of halogens is 3. The highest BCUT2D eigenvalue weighted by atomic mass is 19.4. The Labute approximate surface area is 168 Å². The number of nitrogens with one attached hydrogen (secondary N) is 1. The summed E-state index contributed by atoms with van der Waals surface area (Å²) in [5, 5.41) is 3.24. The highest BCUT2D eigenvalue weighted by Crippen LogP contribution is 2.30. The first-order chi connectivity index (χ1) is 13.7. The lowest BCUT2D eigenvalue weighted by atomic mass is 9.95. The van der Waals surface area contributed by atoms with Crippen LogP contribution in [0.25, 0.3) is 0 Å². The number of primary amides is 1. The molecule has 0 aromatic heterocycles. The topological polar surface area (TPSA) is 89.2 Å². The Morgan fingerprint density at radius 1 is 1.38 bits per heavy atom. The minimum atomic E-state index is -4.42. The van der Waals surface area contributed by atoms with E-state index in [9.17, 15) is 18.0 Å². The fraction of sp³-hybridized carbons (Fsp3) is 0.579. The minimum absolute atomic E-state index is 0.0308. The molecule has 10 heteroatoms. The van der Waals surface area contributed by atoms with E-state index in [0.29, 0.717) is 25.5 Å². The van der Waals surface area contributed by atoms with Gasteiger partial charge in [0.1, 0.15) is 0 Å². The summed E-state index contributed by atoms with van der Waals surface area (Å²) in [7, 11) is 3.05. The van der Waals surface area contributed by atoms with Gasteiger partial charge in [-0.15, -0.1) is 0 Å². The Bertz CT molecular complexity index is 725. The summed E-state index contributed by atoms with van der Waals surface area (Å²) in [5.74, 6) is 0.839. The van der Waals surface area contributed by atoms with Crippen LogP contribution < -0.4 is 20.5 Å². The third kappa shape index (κ3) is 7.35. The van der Waals surface area contributed by atoms with Crippen LogP contribution in [0.5, 0.6) is 11.5 Å². The summed E-state index contributed by atoms with van der Waals surface area (Å²) in [6.07, 6.45) is -2.17. The number of hydrogen-bond acceptors (Lipinski definition) is 4. The van der Waals surface area contributed by atoms with Crippen molar-refractivity contribution in [2.45, 2.75) is 32.0 Å². The molecule has 7 nitrogen and oxygen atoms in total. The van der Waals surface area contributed by atoms with E-state index < -0.39 is 12.8 Å². The molecule has 1 aromatic rings. The Morgan fingerprint density at radius 2 is 2.14 bits per heavy atom. The minimum Gasteiger partial charge on any atom is -0.493 e. The van der Waals surface area contributed by atoms with Crippen LogP contribution in [0.1, 0.15) is 24.8 Å². The fourth-order valence-corrected chi connectivity index (χ4v) is 3.32. The number of benzene rings is 1. The summed E-state index contributed by atoms with van der Waals surface area (Å²) >= 11 is 0. The first-order valence-electron chi connectivity index (χ1n) is 9.32. The van der Waals surface area contributed by atoms with Crippen molar-refractivity contribution in [3.8, 4) is 11.5 Å². The fourth-order valence-electron chi connectivity index (χ4n) is 3.32. The van der Waals surface area contributed by atoms with Gasteiger partial charge in [0.05, 0.1) is 7.11 Å². The zero-order chi connectivity index (χ0) is 21.4. The van der Waals surface area contributed by atoms with Crippen LogP contribution in [0.4, 0.5) is 13.2 Å². The molecule has 1 saturated heterocycles. The van der Waals surface area contributed by atoms with Crippen molar-refractivity contribution in [2.24, 2.45) is 16.6 Å². The van der Waals surface area contributed by atoms with Crippen LogP contribution >= 0.6 is 0 Å². The number of carbonyl (C=O) groups excluding carboxylic acids is 1. The first-order valence-corrected chi connectivity index (χ1v) is 9.32. The summed E-state index contributed by atoms with van der Waals surface area (Å²) in [4.78, 5) is 17.6. The SMILES string of the molecule is CN=C(NCc1ccc(OCC(F)(F)F)c(OC)c1)N1CCCC(CC(N)=O)C1. The molecule has 1 heterocycles. The van der Waals surface area contributed by atoms with E-state index in [0.717, 1.165) is 24.9 Å². The molecule has 0 radical (unpaired) electrons. The lowest BCUT2D eigenvalue weighted by Gasteiger charge is -2.34. The highest BCUT2D eigenvalue weighted by molar-refractivity contribution is 5.80. The average molecular weight is 416 g/mol. The van der Waals surface area contributed by atoms with Crippen molar-refractivity contribution >= 4 is 11.9 Å². The molecule has 0 spiro atoms.